The fraction of sp³-hybridized carbons (Fsp3) is 0.350. The number of fused-ring (bicyclic) bond motifs is 1. The fourth-order valence-electron chi connectivity index (χ4n) is 3.03. The molecule has 1 heterocycles. The maximum Gasteiger partial charge on any atom is 0.267 e. The second-order valence-corrected chi connectivity index (χ2v) is 9.15. The van der Waals surface area contributed by atoms with Crippen LogP contribution in [0.1, 0.15) is 25.3 Å². The van der Waals surface area contributed by atoms with E-state index < -0.39 is 22.0 Å². The normalized spacial score (nSPS) is 16.2. The molecule has 1 amide bonds. The Morgan fingerprint density at radius 2 is 1.96 bits per heavy atom. The number of amides is 1. The standard InChI is InChI=1S/C20H23ClN2O4S/c1-3-4-5-14-6-9-16(10-7-14)22-20(24)19-13-23(28(2,25)26)17-12-15(21)8-11-18(17)27-19/h6-12,19H,3-5,13H2,1-2H3,(H,22,24). The number of aryl methyl sites for hydroxylation is 1. The second kappa shape index (κ2) is 8.41. The molecule has 1 aliphatic rings. The maximum atomic E-state index is 12.7. The summed E-state index contributed by atoms with van der Waals surface area (Å²) < 4.78 is 31.3. The number of carbonyl (C=O) groups is 1. The lowest BCUT2D eigenvalue weighted by Crippen LogP contribution is -2.48. The van der Waals surface area contributed by atoms with Gasteiger partial charge in [-0.25, -0.2) is 8.42 Å². The van der Waals surface area contributed by atoms with E-state index in [1.807, 2.05) is 24.3 Å². The van der Waals surface area contributed by atoms with Gasteiger partial charge in [0.05, 0.1) is 18.5 Å². The Bertz CT molecular complexity index is 961. The average Bonchev–Trinajstić information content (AvgIpc) is 2.65. The molecular weight excluding hydrogens is 400 g/mol. The van der Waals surface area contributed by atoms with Gasteiger partial charge >= 0.3 is 0 Å². The van der Waals surface area contributed by atoms with Gasteiger partial charge in [0.1, 0.15) is 5.75 Å². The van der Waals surface area contributed by atoms with Crippen LogP contribution in [0.3, 0.4) is 0 Å². The van der Waals surface area contributed by atoms with Crippen LogP contribution in [0.25, 0.3) is 0 Å². The van der Waals surface area contributed by atoms with Crippen molar-refractivity contribution in [3.63, 3.8) is 0 Å². The fourth-order valence-corrected chi connectivity index (χ4v) is 4.11. The third-order valence-electron chi connectivity index (χ3n) is 4.52. The van der Waals surface area contributed by atoms with Gasteiger partial charge in [-0.1, -0.05) is 37.1 Å². The molecule has 0 spiro atoms. The van der Waals surface area contributed by atoms with Crippen molar-refractivity contribution in [3.8, 4) is 5.75 Å². The highest BCUT2D eigenvalue weighted by Crippen LogP contribution is 2.37. The number of unbranched alkanes of at least 4 members (excludes halogenated alkanes) is 1. The Hall–Kier alpha value is -2.25. The van der Waals surface area contributed by atoms with E-state index >= 15 is 0 Å². The van der Waals surface area contributed by atoms with Gasteiger partial charge < -0.3 is 10.1 Å². The molecule has 0 saturated heterocycles. The van der Waals surface area contributed by atoms with Gasteiger partial charge in [-0.15, -0.1) is 0 Å². The molecule has 0 saturated carbocycles. The van der Waals surface area contributed by atoms with Crippen molar-refractivity contribution >= 4 is 38.9 Å². The molecule has 28 heavy (non-hydrogen) atoms. The van der Waals surface area contributed by atoms with Gasteiger partial charge in [0, 0.05) is 10.7 Å². The van der Waals surface area contributed by atoms with Crippen LogP contribution in [-0.2, 0) is 21.2 Å². The van der Waals surface area contributed by atoms with E-state index in [1.54, 1.807) is 12.1 Å². The first-order valence-electron chi connectivity index (χ1n) is 9.11. The van der Waals surface area contributed by atoms with Crippen LogP contribution in [0.5, 0.6) is 5.75 Å². The molecule has 6 nitrogen and oxygen atoms in total. The number of anilines is 2. The molecule has 0 aliphatic carbocycles. The summed E-state index contributed by atoms with van der Waals surface area (Å²) in [6.07, 6.45) is 3.36. The van der Waals surface area contributed by atoms with E-state index in [1.165, 1.54) is 11.6 Å². The average molecular weight is 423 g/mol. The van der Waals surface area contributed by atoms with Crippen molar-refractivity contribution in [1.29, 1.82) is 0 Å². The predicted octanol–water partition coefficient (Wildman–Crippen LogP) is 3.85. The zero-order chi connectivity index (χ0) is 20.3. The number of sulfonamides is 1. The molecule has 0 bridgehead atoms. The maximum absolute atomic E-state index is 12.7. The number of hydrogen-bond acceptors (Lipinski definition) is 4. The summed E-state index contributed by atoms with van der Waals surface area (Å²) in [6, 6.07) is 12.3. The monoisotopic (exact) mass is 422 g/mol. The molecular formula is C20H23ClN2O4S. The van der Waals surface area contributed by atoms with E-state index in [-0.39, 0.29) is 6.54 Å². The van der Waals surface area contributed by atoms with E-state index in [0.717, 1.165) is 29.8 Å². The third kappa shape index (κ3) is 4.77. The summed E-state index contributed by atoms with van der Waals surface area (Å²) >= 11 is 5.99. The highest BCUT2D eigenvalue weighted by molar-refractivity contribution is 7.92. The summed E-state index contributed by atoms with van der Waals surface area (Å²) in [5, 5.41) is 3.19. The molecule has 150 valence electrons. The topological polar surface area (TPSA) is 75.7 Å². The highest BCUT2D eigenvalue weighted by Gasteiger charge is 2.35. The van der Waals surface area contributed by atoms with Crippen molar-refractivity contribution in [1.82, 2.24) is 0 Å². The van der Waals surface area contributed by atoms with Crippen molar-refractivity contribution in [2.75, 3.05) is 22.4 Å². The zero-order valence-electron chi connectivity index (χ0n) is 15.8. The zero-order valence-corrected chi connectivity index (χ0v) is 17.4. The number of carbonyl (C=O) groups excluding carboxylic acids is 1. The number of ether oxygens (including phenoxy) is 1. The molecule has 1 unspecified atom stereocenters. The number of hydrogen-bond donors (Lipinski definition) is 1. The molecule has 1 aliphatic heterocycles. The lowest BCUT2D eigenvalue weighted by Gasteiger charge is -2.34. The van der Waals surface area contributed by atoms with Gasteiger partial charge in [-0.05, 0) is 48.7 Å². The minimum Gasteiger partial charge on any atom is -0.476 e. The molecule has 0 aromatic heterocycles. The van der Waals surface area contributed by atoms with Gasteiger partial charge in [-0.3, -0.25) is 9.10 Å². The number of nitrogens with one attached hydrogen (secondary N) is 1. The summed E-state index contributed by atoms with van der Waals surface area (Å²) in [6.45, 7) is 2.03. The van der Waals surface area contributed by atoms with Crippen LogP contribution >= 0.6 is 11.6 Å². The van der Waals surface area contributed by atoms with Gasteiger partial charge in [0.15, 0.2) is 6.10 Å². The number of rotatable bonds is 6. The van der Waals surface area contributed by atoms with Gasteiger partial charge in [0.2, 0.25) is 10.0 Å². The highest BCUT2D eigenvalue weighted by atomic mass is 35.5. The molecule has 0 fully saturated rings. The van der Waals surface area contributed by atoms with Crippen LogP contribution in [0.4, 0.5) is 11.4 Å². The van der Waals surface area contributed by atoms with E-state index in [9.17, 15) is 13.2 Å². The smallest absolute Gasteiger partial charge is 0.267 e. The molecule has 8 heteroatoms. The first kappa shape index (κ1) is 20.5. The molecule has 1 N–H and O–H groups in total. The molecule has 3 rings (SSSR count). The summed E-state index contributed by atoms with van der Waals surface area (Å²) in [5.74, 6) is -0.105. The first-order chi connectivity index (χ1) is 13.3. The number of benzene rings is 2. The summed E-state index contributed by atoms with van der Waals surface area (Å²) in [4.78, 5) is 12.7. The predicted molar refractivity (Wildman–Crippen MR) is 112 cm³/mol. The second-order valence-electron chi connectivity index (χ2n) is 6.80. The largest absolute Gasteiger partial charge is 0.476 e. The van der Waals surface area contributed by atoms with Crippen LogP contribution in [0, 0.1) is 0 Å². The van der Waals surface area contributed by atoms with Crippen molar-refractivity contribution in [2.24, 2.45) is 0 Å². The molecule has 2 aromatic rings. The van der Waals surface area contributed by atoms with Crippen molar-refractivity contribution < 1.29 is 17.9 Å². The number of halogens is 1. The minimum absolute atomic E-state index is 0.118. The van der Waals surface area contributed by atoms with Crippen LogP contribution in [0.2, 0.25) is 5.02 Å². The Kier molecular flexibility index (Phi) is 6.15. The van der Waals surface area contributed by atoms with Crippen LogP contribution in [0.15, 0.2) is 42.5 Å². The lowest BCUT2D eigenvalue weighted by atomic mass is 10.1. The summed E-state index contributed by atoms with van der Waals surface area (Å²) in [5.41, 5.74) is 2.18. The van der Waals surface area contributed by atoms with Crippen LogP contribution in [-0.4, -0.2) is 33.2 Å². The Balaban J connectivity index is 1.76. The van der Waals surface area contributed by atoms with Gasteiger partial charge in [0.25, 0.3) is 5.91 Å². The summed E-state index contributed by atoms with van der Waals surface area (Å²) in [7, 11) is -3.60. The van der Waals surface area contributed by atoms with Crippen molar-refractivity contribution in [2.45, 2.75) is 32.3 Å². The van der Waals surface area contributed by atoms with E-state index in [2.05, 4.69) is 12.2 Å². The minimum atomic E-state index is -3.60. The van der Waals surface area contributed by atoms with E-state index in [0.29, 0.717) is 22.1 Å². The Morgan fingerprint density at radius 1 is 1.25 bits per heavy atom. The Morgan fingerprint density at radius 3 is 2.61 bits per heavy atom. The first-order valence-corrected chi connectivity index (χ1v) is 11.3. The molecule has 1 atom stereocenters. The quantitative estimate of drug-likeness (QED) is 0.767. The SMILES string of the molecule is CCCCc1ccc(NC(=O)C2CN(S(C)(=O)=O)c3cc(Cl)ccc3O2)cc1. The molecule has 2 aromatic carbocycles. The van der Waals surface area contributed by atoms with Crippen LogP contribution < -0.4 is 14.4 Å². The van der Waals surface area contributed by atoms with Gasteiger partial charge in [-0.2, -0.15) is 0 Å². The Labute approximate surface area is 170 Å². The van der Waals surface area contributed by atoms with E-state index in [4.69, 9.17) is 16.3 Å². The lowest BCUT2D eigenvalue weighted by molar-refractivity contribution is -0.122. The third-order valence-corrected chi connectivity index (χ3v) is 5.91. The molecule has 0 radical (unpaired) electrons. The van der Waals surface area contributed by atoms with Crippen molar-refractivity contribution in [3.05, 3.63) is 53.1 Å². The number of nitrogens with zero attached hydrogens (tertiary/aromatic N) is 1.